The van der Waals surface area contributed by atoms with Crippen LogP contribution in [0.2, 0.25) is 5.02 Å². The summed E-state index contributed by atoms with van der Waals surface area (Å²) in [7, 11) is 2.03. The summed E-state index contributed by atoms with van der Waals surface area (Å²) >= 11 is 5.81. The first-order valence-corrected chi connectivity index (χ1v) is 9.14. The Morgan fingerprint density at radius 2 is 1.85 bits per heavy atom. The topological polar surface area (TPSA) is 81.7 Å². The van der Waals surface area contributed by atoms with Crippen molar-refractivity contribution in [1.82, 2.24) is 10.6 Å². The number of hydrogen-bond donors (Lipinski definition) is 3. The van der Waals surface area contributed by atoms with Gasteiger partial charge in [-0.2, -0.15) is 0 Å². The summed E-state index contributed by atoms with van der Waals surface area (Å²) in [5.41, 5.74) is 3.91. The molecule has 2 amide bonds. The molecule has 7 heteroatoms. The SMILES string of the molecule is CN1CCc2cc(C(O)CNC(=O)C(=O)NCc3ccc(Cl)cc3)ccc21. The summed E-state index contributed by atoms with van der Waals surface area (Å²) in [4.78, 5) is 26.0. The predicted octanol–water partition coefficient (Wildman–Crippen LogP) is 1.80. The Kier molecular flexibility index (Phi) is 5.98. The molecule has 0 saturated heterocycles. The number of aliphatic hydroxyl groups excluding tert-OH is 1. The van der Waals surface area contributed by atoms with E-state index in [1.54, 1.807) is 24.3 Å². The number of nitrogens with one attached hydrogen (secondary N) is 2. The number of carbonyl (C=O) groups is 2. The van der Waals surface area contributed by atoms with Gasteiger partial charge in [0, 0.05) is 37.4 Å². The normalized spacial score (nSPS) is 13.8. The Morgan fingerprint density at radius 3 is 2.59 bits per heavy atom. The van der Waals surface area contributed by atoms with E-state index in [4.69, 9.17) is 11.6 Å². The lowest BCUT2D eigenvalue weighted by molar-refractivity contribution is -0.139. The number of anilines is 1. The van der Waals surface area contributed by atoms with Crippen molar-refractivity contribution >= 4 is 29.1 Å². The fourth-order valence-corrected chi connectivity index (χ4v) is 3.17. The lowest BCUT2D eigenvalue weighted by atomic mass is 10.0. The fourth-order valence-electron chi connectivity index (χ4n) is 3.05. The number of halogens is 1. The molecule has 1 unspecified atom stereocenters. The number of aliphatic hydroxyl groups is 1. The van der Waals surface area contributed by atoms with Gasteiger partial charge < -0.3 is 20.6 Å². The zero-order valence-electron chi connectivity index (χ0n) is 15.0. The molecular formula is C20H22ClN3O3. The molecule has 27 heavy (non-hydrogen) atoms. The van der Waals surface area contributed by atoms with Gasteiger partial charge in [-0.1, -0.05) is 35.9 Å². The molecule has 2 aromatic rings. The van der Waals surface area contributed by atoms with Crippen LogP contribution in [0.4, 0.5) is 5.69 Å². The quantitative estimate of drug-likeness (QED) is 0.683. The third kappa shape index (κ3) is 4.78. The second kappa shape index (κ2) is 8.41. The summed E-state index contributed by atoms with van der Waals surface area (Å²) in [5, 5.41) is 15.9. The summed E-state index contributed by atoms with van der Waals surface area (Å²) in [6.45, 7) is 1.16. The summed E-state index contributed by atoms with van der Waals surface area (Å²) < 4.78 is 0. The third-order valence-electron chi connectivity index (χ3n) is 4.64. The molecule has 0 aliphatic carbocycles. The summed E-state index contributed by atoms with van der Waals surface area (Å²) in [5.74, 6) is -1.52. The second-order valence-electron chi connectivity index (χ2n) is 6.59. The van der Waals surface area contributed by atoms with Crippen LogP contribution in [0, 0.1) is 0 Å². The third-order valence-corrected chi connectivity index (χ3v) is 4.90. The molecule has 0 fully saturated rings. The number of amides is 2. The number of fused-ring (bicyclic) bond motifs is 1. The van der Waals surface area contributed by atoms with Crippen LogP contribution in [-0.2, 0) is 22.6 Å². The van der Waals surface area contributed by atoms with Gasteiger partial charge >= 0.3 is 11.8 Å². The molecule has 3 rings (SSSR count). The molecule has 0 aromatic heterocycles. The fraction of sp³-hybridized carbons (Fsp3) is 0.300. The summed E-state index contributed by atoms with van der Waals surface area (Å²) in [6.07, 6.45) is 0.0699. The van der Waals surface area contributed by atoms with Crippen molar-refractivity contribution in [3.8, 4) is 0 Å². The molecule has 142 valence electrons. The minimum Gasteiger partial charge on any atom is -0.387 e. The number of rotatable bonds is 5. The Hall–Kier alpha value is -2.57. The van der Waals surface area contributed by atoms with Gasteiger partial charge in [-0.15, -0.1) is 0 Å². The zero-order valence-corrected chi connectivity index (χ0v) is 15.8. The van der Waals surface area contributed by atoms with E-state index in [0.29, 0.717) is 5.02 Å². The van der Waals surface area contributed by atoms with E-state index in [1.165, 1.54) is 5.56 Å². The van der Waals surface area contributed by atoms with Crippen molar-refractivity contribution in [2.24, 2.45) is 0 Å². The van der Waals surface area contributed by atoms with Gasteiger partial charge in [0.2, 0.25) is 0 Å². The van der Waals surface area contributed by atoms with Crippen LogP contribution in [0.3, 0.4) is 0 Å². The van der Waals surface area contributed by atoms with E-state index < -0.39 is 17.9 Å². The smallest absolute Gasteiger partial charge is 0.309 e. The van der Waals surface area contributed by atoms with E-state index in [2.05, 4.69) is 15.5 Å². The van der Waals surface area contributed by atoms with Crippen LogP contribution in [0.5, 0.6) is 0 Å². The van der Waals surface area contributed by atoms with Crippen LogP contribution in [0.15, 0.2) is 42.5 Å². The monoisotopic (exact) mass is 387 g/mol. The van der Waals surface area contributed by atoms with Crippen LogP contribution >= 0.6 is 11.6 Å². The average Bonchev–Trinajstić information content (AvgIpc) is 3.05. The lowest BCUT2D eigenvalue weighted by Gasteiger charge is -2.15. The molecule has 3 N–H and O–H groups in total. The van der Waals surface area contributed by atoms with E-state index in [1.807, 2.05) is 25.2 Å². The van der Waals surface area contributed by atoms with E-state index >= 15 is 0 Å². The van der Waals surface area contributed by atoms with E-state index in [-0.39, 0.29) is 13.1 Å². The van der Waals surface area contributed by atoms with Gasteiger partial charge in [0.1, 0.15) is 0 Å². The summed E-state index contributed by atoms with van der Waals surface area (Å²) in [6, 6.07) is 12.8. The van der Waals surface area contributed by atoms with Crippen LogP contribution < -0.4 is 15.5 Å². The molecular weight excluding hydrogens is 366 g/mol. The molecule has 0 saturated carbocycles. The van der Waals surface area contributed by atoms with Crippen molar-refractivity contribution in [2.75, 3.05) is 25.0 Å². The van der Waals surface area contributed by atoms with Gasteiger partial charge in [-0.25, -0.2) is 0 Å². The number of likely N-dealkylation sites (N-methyl/N-ethyl adjacent to an activating group) is 1. The highest BCUT2D eigenvalue weighted by Gasteiger charge is 2.19. The van der Waals surface area contributed by atoms with E-state index in [0.717, 1.165) is 29.8 Å². The first kappa shape index (κ1) is 19.2. The van der Waals surface area contributed by atoms with Gasteiger partial charge in [0.15, 0.2) is 0 Å². The number of nitrogens with zero attached hydrogens (tertiary/aromatic N) is 1. The molecule has 0 bridgehead atoms. The van der Waals surface area contributed by atoms with Crippen LogP contribution in [0.1, 0.15) is 22.8 Å². The molecule has 0 spiro atoms. The van der Waals surface area contributed by atoms with Crippen molar-refractivity contribution in [1.29, 1.82) is 0 Å². The molecule has 2 aromatic carbocycles. The highest BCUT2D eigenvalue weighted by Crippen LogP contribution is 2.29. The minimum absolute atomic E-state index is 0.0260. The average molecular weight is 388 g/mol. The first-order valence-electron chi connectivity index (χ1n) is 8.76. The largest absolute Gasteiger partial charge is 0.387 e. The highest BCUT2D eigenvalue weighted by molar-refractivity contribution is 6.35. The Morgan fingerprint density at radius 1 is 1.15 bits per heavy atom. The van der Waals surface area contributed by atoms with Crippen molar-refractivity contribution in [2.45, 2.75) is 19.1 Å². The lowest BCUT2D eigenvalue weighted by Crippen LogP contribution is -2.41. The van der Waals surface area contributed by atoms with Gasteiger partial charge in [-0.05, 0) is 41.3 Å². The van der Waals surface area contributed by atoms with E-state index in [9.17, 15) is 14.7 Å². The number of benzene rings is 2. The maximum absolute atomic E-state index is 11.9. The zero-order chi connectivity index (χ0) is 19.4. The van der Waals surface area contributed by atoms with Crippen molar-refractivity contribution < 1.29 is 14.7 Å². The molecule has 0 radical (unpaired) electrons. The molecule has 1 aliphatic heterocycles. The minimum atomic E-state index is -0.866. The predicted molar refractivity (Wildman–Crippen MR) is 105 cm³/mol. The van der Waals surface area contributed by atoms with Gasteiger partial charge in [0.25, 0.3) is 0 Å². The number of carbonyl (C=O) groups excluding carboxylic acids is 2. The Labute approximate surface area is 163 Å². The number of hydrogen-bond acceptors (Lipinski definition) is 4. The molecule has 1 heterocycles. The second-order valence-corrected chi connectivity index (χ2v) is 7.03. The van der Waals surface area contributed by atoms with Crippen molar-refractivity contribution in [3.63, 3.8) is 0 Å². The van der Waals surface area contributed by atoms with Crippen LogP contribution in [-0.4, -0.2) is 37.1 Å². The maximum Gasteiger partial charge on any atom is 0.309 e. The Balaban J connectivity index is 1.48. The maximum atomic E-state index is 11.9. The first-order chi connectivity index (χ1) is 12.9. The van der Waals surface area contributed by atoms with Gasteiger partial charge in [-0.3, -0.25) is 9.59 Å². The standard InChI is InChI=1S/C20H22ClN3O3/c1-24-9-8-14-10-15(4-7-17(14)24)18(25)12-23-20(27)19(26)22-11-13-2-5-16(21)6-3-13/h2-7,10,18,25H,8-9,11-12H2,1H3,(H,22,26)(H,23,27). The van der Waals surface area contributed by atoms with Crippen molar-refractivity contribution in [3.05, 3.63) is 64.2 Å². The molecule has 1 atom stereocenters. The molecule has 1 aliphatic rings. The Bertz CT molecular complexity index is 839. The van der Waals surface area contributed by atoms with Gasteiger partial charge in [0.05, 0.1) is 6.10 Å². The van der Waals surface area contributed by atoms with Crippen LogP contribution in [0.25, 0.3) is 0 Å². The highest BCUT2D eigenvalue weighted by atomic mass is 35.5. The molecule has 6 nitrogen and oxygen atoms in total.